The number of hydrogen-bond acceptors (Lipinski definition) is 3. The van der Waals surface area contributed by atoms with Crippen LogP contribution in [0.5, 0.6) is 5.75 Å². The first kappa shape index (κ1) is 19.1. The van der Waals surface area contributed by atoms with Gasteiger partial charge in [-0.05, 0) is 30.3 Å². The van der Waals surface area contributed by atoms with Crippen LogP contribution in [0.15, 0.2) is 54.7 Å². The van der Waals surface area contributed by atoms with Crippen molar-refractivity contribution < 1.29 is 18.3 Å². The highest BCUT2D eigenvalue weighted by Crippen LogP contribution is 2.25. The molecule has 1 amide bonds. The number of aromatic nitrogens is 2. The molecular weight excluding hydrogens is 399 g/mol. The van der Waals surface area contributed by atoms with Crippen LogP contribution in [-0.2, 0) is 6.54 Å². The van der Waals surface area contributed by atoms with Gasteiger partial charge in [0.05, 0.1) is 6.54 Å². The summed E-state index contributed by atoms with van der Waals surface area (Å²) in [5.74, 6) is -0.310. The molecule has 0 bridgehead atoms. The average Bonchev–Trinajstić information content (AvgIpc) is 3.05. The minimum atomic E-state index is -2.96. The van der Waals surface area contributed by atoms with Crippen molar-refractivity contribution in [2.24, 2.45) is 0 Å². The molecule has 9 heteroatoms. The molecule has 0 atom stereocenters. The summed E-state index contributed by atoms with van der Waals surface area (Å²) in [5.41, 5.74) is 0.871. The number of carbonyl (C=O) groups is 1. The molecule has 0 aliphatic heterocycles. The van der Waals surface area contributed by atoms with Gasteiger partial charge in [0.1, 0.15) is 5.75 Å². The molecule has 140 valence electrons. The summed E-state index contributed by atoms with van der Waals surface area (Å²) < 4.78 is 30.4. The van der Waals surface area contributed by atoms with Gasteiger partial charge < -0.3 is 10.1 Å². The van der Waals surface area contributed by atoms with Gasteiger partial charge in [0, 0.05) is 33.4 Å². The van der Waals surface area contributed by atoms with Crippen molar-refractivity contribution in [3.05, 3.63) is 75.9 Å². The molecule has 1 N–H and O–H groups in total. The zero-order valence-electron chi connectivity index (χ0n) is 13.7. The fourth-order valence-corrected chi connectivity index (χ4v) is 2.88. The number of nitrogens with zero attached hydrogens (tertiary/aromatic N) is 2. The number of hydrogen-bond donors (Lipinski definition) is 1. The number of halogens is 4. The third kappa shape index (κ3) is 4.96. The summed E-state index contributed by atoms with van der Waals surface area (Å²) in [6.07, 6.45) is 1.66. The second-order valence-electron chi connectivity index (χ2n) is 5.46. The van der Waals surface area contributed by atoms with Crippen molar-refractivity contribution in [3.8, 4) is 5.75 Å². The maximum absolute atomic E-state index is 12.3. The fourth-order valence-electron chi connectivity index (χ4n) is 2.36. The topological polar surface area (TPSA) is 56.2 Å². The molecule has 3 aromatic rings. The lowest BCUT2D eigenvalue weighted by Crippen LogP contribution is -2.13. The molecule has 2 aromatic carbocycles. The molecule has 1 aromatic heterocycles. The molecule has 0 spiro atoms. The van der Waals surface area contributed by atoms with E-state index in [4.69, 9.17) is 23.2 Å². The Hall–Kier alpha value is -2.64. The summed E-state index contributed by atoms with van der Waals surface area (Å²) >= 11 is 12.3. The minimum Gasteiger partial charge on any atom is -0.435 e. The van der Waals surface area contributed by atoms with E-state index in [2.05, 4.69) is 15.2 Å². The summed E-state index contributed by atoms with van der Waals surface area (Å²) in [6.45, 7) is -2.64. The SMILES string of the molecule is O=C(Nc1ccn(Cc2c(Cl)cccc2Cl)n1)c1cccc(OC(F)F)c1. The van der Waals surface area contributed by atoms with Crippen LogP contribution in [0.1, 0.15) is 15.9 Å². The summed E-state index contributed by atoms with van der Waals surface area (Å²) in [6, 6.07) is 12.3. The van der Waals surface area contributed by atoms with E-state index in [1.54, 1.807) is 35.1 Å². The van der Waals surface area contributed by atoms with Crippen molar-refractivity contribution >= 4 is 34.9 Å². The Kier molecular flexibility index (Phi) is 5.93. The number of anilines is 1. The van der Waals surface area contributed by atoms with Gasteiger partial charge in [0.25, 0.3) is 5.91 Å². The molecule has 5 nitrogen and oxygen atoms in total. The molecule has 0 saturated heterocycles. The van der Waals surface area contributed by atoms with Gasteiger partial charge in [-0.2, -0.15) is 13.9 Å². The lowest BCUT2D eigenvalue weighted by atomic mass is 10.2. The normalized spacial score (nSPS) is 10.9. The Morgan fingerprint density at radius 1 is 1.15 bits per heavy atom. The Labute approximate surface area is 163 Å². The lowest BCUT2D eigenvalue weighted by Gasteiger charge is -2.08. The number of alkyl halides is 2. The van der Waals surface area contributed by atoms with Gasteiger partial charge >= 0.3 is 6.61 Å². The zero-order valence-corrected chi connectivity index (χ0v) is 15.2. The molecule has 0 aliphatic carbocycles. The second-order valence-corrected chi connectivity index (χ2v) is 6.27. The molecule has 0 radical (unpaired) electrons. The van der Waals surface area contributed by atoms with E-state index in [0.717, 1.165) is 0 Å². The molecule has 1 heterocycles. The van der Waals surface area contributed by atoms with Crippen LogP contribution in [0.2, 0.25) is 10.0 Å². The third-order valence-corrected chi connectivity index (χ3v) is 4.29. The van der Waals surface area contributed by atoms with E-state index >= 15 is 0 Å². The average molecular weight is 412 g/mol. The number of rotatable bonds is 6. The van der Waals surface area contributed by atoms with E-state index in [9.17, 15) is 13.6 Å². The monoisotopic (exact) mass is 411 g/mol. The summed E-state index contributed by atoms with van der Waals surface area (Å²) in [4.78, 5) is 12.3. The molecule has 0 aliphatic rings. The number of amides is 1. The van der Waals surface area contributed by atoms with Crippen molar-refractivity contribution in [3.63, 3.8) is 0 Å². The highest BCUT2D eigenvalue weighted by molar-refractivity contribution is 6.35. The van der Waals surface area contributed by atoms with Crippen molar-refractivity contribution in [1.82, 2.24) is 9.78 Å². The van der Waals surface area contributed by atoms with E-state index in [0.29, 0.717) is 28.0 Å². The Morgan fingerprint density at radius 3 is 2.56 bits per heavy atom. The van der Waals surface area contributed by atoms with Crippen LogP contribution in [0.25, 0.3) is 0 Å². The predicted octanol–water partition coefficient (Wildman–Crippen LogP) is 5.09. The molecule has 27 heavy (non-hydrogen) atoms. The zero-order chi connectivity index (χ0) is 19.4. The van der Waals surface area contributed by atoms with Crippen LogP contribution in [0.3, 0.4) is 0 Å². The molecule has 0 saturated carbocycles. The number of benzene rings is 2. The third-order valence-electron chi connectivity index (χ3n) is 3.59. The minimum absolute atomic E-state index is 0.100. The van der Waals surface area contributed by atoms with E-state index in [1.165, 1.54) is 24.3 Å². The van der Waals surface area contributed by atoms with Crippen molar-refractivity contribution in [2.45, 2.75) is 13.2 Å². The van der Waals surface area contributed by atoms with Gasteiger partial charge in [-0.3, -0.25) is 9.48 Å². The summed E-state index contributed by atoms with van der Waals surface area (Å²) in [5, 5.41) is 7.86. The molecule has 3 rings (SSSR count). The number of ether oxygens (including phenoxy) is 1. The van der Waals surface area contributed by atoms with Crippen molar-refractivity contribution in [1.29, 1.82) is 0 Å². The lowest BCUT2D eigenvalue weighted by molar-refractivity contribution is -0.0498. The van der Waals surface area contributed by atoms with Crippen LogP contribution >= 0.6 is 23.2 Å². The van der Waals surface area contributed by atoms with E-state index in [-0.39, 0.29) is 11.3 Å². The molecule has 0 unspecified atom stereocenters. The highest BCUT2D eigenvalue weighted by Gasteiger charge is 2.12. The second kappa shape index (κ2) is 8.37. The first-order valence-electron chi connectivity index (χ1n) is 7.75. The van der Waals surface area contributed by atoms with Gasteiger partial charge in [-0.1, -0.05) is 35.3 Å². The highest BCUT2D eigenvalue weighted by atomic mass is 35.5. The summed E-state index contributed by atoms with van der Waals surface area (Å²) in [7, 11) is 0. The Balaban J connectivity index is 1.70. The van der Waals surface area contributed by atoms with Crippen LogP contribution in [0.4, 0.5) is 14.6 Å². The fraction of sp³-hybridized carbons (Fsp3) is 0.111. The molecule has 0 fully saturated rings. The molecular formula is C18H13Cl2F2N3O2. The predicted molar refractivity (Wildman–Crippen MR) is 98.8 cm³/mol. The quantitative estimate of drug-likeness (QED) is 0.614. The number of nitrogens with one attached hydrogen (secondary N) is 1. The first-order chi connectivity index (χ1) is 12.9. The smallest absolute Gasteiger partial charge is 0.387 e. The van der Waals surface area contributed by atoms with Crippen LogP contribution in [-0.4, -0.2) is 22.3 Å². The van der Waals surface area contributed by atoms with E-state index < -0.39 is 12.5 Å². The Morgan fingerprint density at radius 2 is 1.85 bits per heavy atom. The van der Waals surface area contributed by atoms with Crippen LogP contribution in [0, 0.1) is 0 Å². The number of carbonyl (C=O) groups excluding carboxylic acids is 1. The van der Waals surface area contributed by atoms with Gasteiger partial charge in [-0.25, -0.2) is 0 Å². The van der Waals surface area contributed by atoms with Gasteiger partial charge in [0.2, 0.25) is 0 Å². The first-order valence-corrected chi connectivity index (χ1v) is 8.50. The van der Waals surface area contributed by atoms with Gasteiger partial charge in [0.15, 0.2) is 5.82 Å². The maximum Gasteiger partial charge on any atom is 0.387 e. The van der Waals surface area contributed by atoms with Crippen LogP contribution < -0.4 is 10.1 Å². The van der Waals surface area contributed by atoms with Gasteiger partial charge in [-0.15, -0.1) is 0 Å². The Bertz CT molecular complexity index is 943. The van der Waals surface area contributed by atoms with Crippen molar-refractivity contribution in [2.75, 3.05) is 5.32 Å². The largest absolute Gasteiger partial charge is 0.435 e. The maximum atomic E-state index is 12.3. The standard InChI is InChI=1S/C18H13Cl2F2N3O2/c19-14-5-2-6-15(20)13(14)10-25-8-7-16(24-25)23-17(26)11-3-1-4-12(9-11)27-18(21)22/h1-9,18H,10H2,(H,23,24,26). The van der Waals surface area contributed by atoms with E-state index in [1.807, 2.05) is 0 Å².